The third-order valence-electron chi connectivity index (χ3n) is 5.00. The van der Waals surface area contributed by atoms with Gasteiger partial charge < -0.3 is 5.32 Å². The Labute approximate surface area is 201 Å². The molecule has 0 saturated carbocycles. The summed E-state index contributed by atoms with van der Waals surface area (Å²) >= 11 is 13.7. The van der Waals surface area contributed by atoms with Gasteiger partial charge in [-0.1, -0.05) is 79.1 Å². The van der Waals surface area contributed by atoms with Crippen LogP contribution in [0.2, 0.25) is 10.0 Å². The summed E-state index contributed by atoms with van der Waals surface area (Å²) in [5.41, 5.74) is 2.37. The molecule has 0 aromatic heterocycles. The number of anilines is 2. The summed E-state index contributed by atoms with van der Waals surface area (Å²) in [5.74, 6) is -0.539. The van der Waals surface area contributed by atoms with Crippen LogP contribution in [-0.4, -0.2) is 11.8 Å². The fourth-order valence-corrected chi connectivity index (χ4v) is 4.61. The number of carbonyl (C=O) groups is 2. The van der Waals surface area contributed by atoms with Crippen molar-refractivity contribution in [3.8, 4) is 0 Å². The maximum absolute atomic E-state index is 13.4. The molecule has 0 bridgehead atoms. The molecule has 0 spiro atoms. The van der Waals surface area contributed by atoms with Crippen LogP contribution in [0.4, 0.5) is 11.4 Å². The molecular weight excluding hydrogens is 463 g/mol. The van der Waals surface area contributed by atoms with E-state index in [1.54, 1.807) is 12.1 Å². The number of benzene rings is 3. The van der Waals surface area contributed by atoms with Crippen molar-refractivity contribution in [2.24, 2.45) is 0 Å². The van der Waals surface area contributed by atoms with E-state index in [-0.39, 0.29) is 16.4 Å². The minimum absolute atomic E-state index is 0.206. The summed E-state index contributed by atoms with van der Waals surface area (Å²) < 4.78 is 0. The summed E-state index contributed by atoms with van der Waals surface area (Å²) in [4.78, 5) is 29.1. The molecule has 3 aromatic rings. The number of amides is 2. The fraction of sp³-hybridized carbons (Fsp3) is 0.120. The van der Waals surface area contributed by atoms with Crippen LogP contribution in [0.5, 0.6) is 0 Å². The van der Waals surface area contributed by atoms with Crippen molar-refractivity contribution in [2.75, 3.05) is 10.2 Å². The van der Waals surface area contributed by atoms with Gasteiger partial charge in [0.15, 0.2) is 0 Å². The SMILES string of the molecule is CC(C)c1ccc(NC2=C(Sc3ccccc3)C(=O)N(c3cc(Cl)ccc3Cl)C2=O)cc1. The minimum atomic E-state index is -0.481. The quantitative estimate of drug-likeness (QED) is 0.380. The second kappa shape index (κ2) is 9.41. The molecule has 0 aliphatic carbocycles. The number of thioether (sulfide) groups is 1. The van der Waals surface area contributed by atoms with Crippen molar-refractivity contribution in [1.82, 2.24) is 0 Å². The molecule has 32 heavy (non-hydrogen) atoms. The average Bonchev–Trinajstić information content (AvgIpc) is 3.00. The summed E-state index contributed by atoms with van der Waals surface area (Å²) in [6.45, 7) is 4.23. The average molecular weight is 483 g/mol. The minimum Gasteiger partial charge on any atom is -0.350 e. The van der Waals surface area contributed by atoms with Gasteiger partial charge in [-0.2, -0.15) is 0 Å². The number of carbonyl (C=O) groups excluding carboxylic acids is 2. The maximum atomic E-state index is 13.4. The van der Waals surface area contributed by atoms with Gasteiger partial charge in [-0.05, 0) is 53.9 Å². The zero-order valence-electron chi connectivity index (χ0n) is 17.4. The molecule has 4 nitrogen and oxygen atoms in total. The number of imide groups is 1. The van der Waals surface area contributed by atoms with Crippen LogP contribution in [0.1, 0.15) is 25.3 Å². The Morgan fingerprint density at radius 2 is 1.56 bits per heavy atom. The Morgan fingerprint density at radius 3 is 2.22 bits per heavy atom. The molecule has 1 aliphatic rings. The molecule has 7 heteroatoms. The highest BCUT2D eigenvalue weighted by atomic mass is 35.5. The molecule has 4 rings (SSSR count). The lowest BCUT2D eigenvalue weighted by atomic mass is 10.0. The van der Waals surface area contributed by atoms with E-state index < -0.39 is 11.8 Å². The van der Waals surface area contributed by atoms with E-state index in [4.69, 9.17) is 23.2 Å². The highest BCUT2D eigenvalue weighted by molar-refractivity contribution is 8.04. The normalized spacial score (nSPS) is 14.0. The maximum Gasteiger partial charge on any atom is 0.283 e. The molecule has 0 atom stereocenters. The van der Waals surface area contributed by atoms with Gasteiger partial charge in [0.05, 0.1) is 10.7 Å². The molecular formula is C25H20Cl2N2O2S. The zero-order chi connectivity index (χ0) is 22.8. The second-order valence-corrected chi connectivity index (χ2v) is 9.49. The van der Waals surface area contributed by atoms with Gasteiger partial charge in [0.1, 0.15) is 10.6 Å². The molecule has 162 valence electrons. The number of rotatable bonds is 6. The van der Waals surface area contributed by atoms with E-state index in [1.807, 2.05) is 54.6 Å². The second-order valence-electron chi connectivity index (χ2n) is 7.56. The van der Waals surface area contributed by atoms with Crippen molar-refractivity contribution >= 4 is 58.2 Å². The van der Waals surface area contributed by atoms with Gasteiger partial charge in [0.2, 0.25) is 0 Å². The number of nitrogens with zero attached hydrogens (tertiary/aromatic N) is 1. The van der Waals surface area contributed by atoms with Gasteiger partial charge in [-0.3, -0.25) is 9.59 Å². The molecule has 1 heterocycles. The van der Waals surface area contributed by atoms with Crippen LogP contribution in [0.15, 0.2) is 88.3 Å². The van der Waals surface area contributed by atoms with Gasteiger partial charge in [-0.25, -0.2) is 4.90 Å². The van der Waals surface area contributed by atoms with Crippen LogP contribution in [0.25, 0.3) is 0 Å². The topological polar surface area (TPSA) is 49.4 Å². The first-order valence-electron chi connectivity index (χ1n) is 10.0. The van der Waals surface area contributed by atoms with Crippen LogP contribution in [-0.2, 0) is 9.59 Å². The Kier molecular flexibility index (Phi) is 6.60. The highest BCUT2D eigenvalue weighted by Crippen LogP contribution is 2.40. The van der Waals surface area contributed by atoms with E-state index in [2.05, 4.69) is 19.2 Å². The Hall–Kier alpha value is -2.73. The van der Waals surface area contributed by atoms with E-state index in [1.165, 1.54) is 23.4 Å². The molecule has 0 radical (unpaired) electrons. The number of halogens is 2. The lowest BCUT2D eigenvalue weighted by molar-refractivity contribution is -0.120. The first-order valence-corrected chi connectivity index (χ1v) is 11.6. The fourth-order valence-electron chi connectivity index (χ4n) is 3.29. The lowest BCUT2D eigenvalue weighted by Crippen LogP contribution is -2.32. The van der Waals surface area contributed by atoms with Crippen molar-refractivity contribution in [1.29, 1.82) is 0 Å². The smallest absolute Gasteiger partial charge is 0.283 e. The molecule has 1 N–H and O–H groups in total. The number of hydrogen-bond acceptors (Lipinski definition) is 4. The zero-order valence-corrected chi connectivity index (χ0v) is 19.8. The highest BCUT2D eigenvalue weighted by Gasteiger charge is 2.41. The molecule has 1 aliphatic heterocycles. The summed E-state index contributed by atoms with van der Waals surface area (Å²) in [6.07, 6.45) is 0. The Morgan fingerprint density at radius 1 is 0.875 bits per heavy atom. The van der Waals surface area contributed by atoms with Gasteiger partial charge in [0, 0.05) is 15.6 Å². The first kappa shape index (κ1) is 22.5. The third-order valence-corrected chi connectivity index (χ3v) is 6.65. The Balaban J connectivity index is 1.74. The standard InChI is InChI=1S/C25H20Cl2N2O2S/c1-15(2)16-8-11-18(12-9-16)28-22-23(32-19-6-4-3-5-7-19)25(31)29(24(22)30)21-14-17(26)10-13-20(21)27/h3-15,28H,1-2H3. The van der Waals surface area contributed by atoms with E-state index in [0.29, 0.717) is 15.8 Å². The van der Waals surface area contributed by atoms with Gasteiger partial charge >= 0.3 is 0 Å². The van der Waals surface area contributed by atoms with Crippen LogP contribution < -0.4 is 10.2 Å². The predicted molar refractivity (Wildman–Crippen MR) is 132 cm³/mol. The molecule has 0 saturated heterocycles. The van der Waals surface area contributed by atoms with E-state index in [0.717, 1.165) is 15.5 Å². The number of nitrogens with one attached hydrogen (secondary N) is 1. The van der Waals surface area contributed by atoms with Crippen LogP contribution in [0, 0.1) is 0 Å². The predicted octanol–water partition coefficient (Wildman–Crippen LogP) is 7.11. The Bertz CT molecular complexity index is 1210. The van der Waals surface area contributed by atoms with Crippen LogP contribution >= 0.6 is 35.0 Å². The largest absolute Gasteiger partial charge is 0.350 e. The van der Waals surface area contributed by atoms with Crippen molar-refractivity contribution in [2.45, 2.75) is 24.7 Å². The van der Waals surface area contributed by atoms with Crippen molar-refractivity contribution < 1.29 is 9.59 Å². The summed E-state index contributed by atoms with van der Waals surface area (Å²) in [6, 6.07) is 22.0. The molecule has 0 unspecified atom stereocenters. The lowest BCUT2D eigenvalue weighted by Gasteiger charge is -2.17. The molecule has 3 aromatic carbocycles. The monoisotopic (exact) mass is 482 g/mol. The first-order chi connectivity index (χ1) is 15.3. The molecule has 2 amide bonds. The van der Waals surface area contributed by atoms with Gasteiger partial charge in [-0.15, -0.1) is 0 Å². The van der Waals surface area contributed by atoms with Crippen molar-refractivity contribution in [3.05, 3.63) is 99.0 Å². The number of hydrogen-bond donors (Lipinski definition) is 1. The summed E-state index contributed by atoms with van der Waals surface area (Å²) in [5, 5.41) is 3.81. The van der Waals surface area contributed by atoms with Gasteiger partial charge in [0.25, 0.3) is 11.8 Å². The van der Waals surface area contributed by atoms with Crippen molar-refractivity contribution in [3.63, 3.8) is 0 Å². The van der Waals surface area contributed by atoms with Crippen LogP contribution in [0.3, 0.4) is 0 Å². The molecule has 0 fully saturated rings. The summed E-state index contributed by atoms with van der Waals surface area (Å²) in [7, 11) is 0. The third kappa shape index (κ3) is 4.56. The van der Waals surface area contributed by atoms with E-state index in [9.17, 15) is 9.59 Å². The van der Waals surface area contributed by atoms with E-state index >= 15 is 0 Å².